The molecule has 1 amide bonds. The van der Waals surface area contributed by atoms with Crippen LogP contribution in [0.2, 0.25) is 0 Å². The van der Waals surface area contributed by atoms with Crippen molar-refractivity contribution in [3.05, 3.63) is 77.2 Å². The number of rotatable bonds is 5. The Morgan fingerprint density at radius 3 is 2.97 bits per heavy atom. The molecule has 1 fully saturated rings. The molecule has 0 radical (unpaired) electrons. The normalized spacial score (nSPS) is 16.3. The van der Waals surface area contributed by atoms with Gasteiger partial charge in [0.1, 0.15) is 17.3 Å². The summed E-state index contributed by atoms with van der Waals surface area (Å²) in [6.45, 7) is 3.01. The largest absolute Gasteiger partial charge is 0.445 e. The Morgan fingerprint density at radius 1 is 1.30 bits per heavy atom. The smallest absolute Gasteiger partial charge is 0.292 e. The van der Waals surface area contributed by atoms with Crippen molar-refractivity contribution < 1.29 is 18.1 Å². The van der Waals surface area contributed by atoms with E-state index in [1.807, 2.05) is 26.2 Å². The van der Waals surface area contributed by atoms with E-state index < -0.39 is 0 Å². The first-order chi connectivity index (χ1) is 16.0. The Kier molecular flexibility index (Phi) is 5.53. The lowest BCUT2D eigenvalue weighted by Crippen LogP contribution is -2.39. The highest BCUT2D eigenvalue weighted by molar-refractivity contribution is 5.92. The molecule has 1 saturated heterocycles. The third-order valence-corrected chi connectivity index (χ3v) is 5.91. The van der Waals surface area contributed by atoms with Crippen LogP contribution in [0.15, 0.2) is 51.7 Å². The number of piperidine rings is 1. The summed E-state index contributed by atoms with van der Waals surface area (Å²) in [5, 5.41) is 8.38. The molecule has 0 unspecified atom stereocenters. The number of carbonyl (C=O) groups excluding carboxylic acids is 1. The minimum atomic E-state index is -0.275. The number of amides is 1. The first-order valence-electron chi connectivity index (χ1n) is 10.9. The summed E-state index contributed by atoms with van der Waals surface area (Å²) in [7, 11) is 1.84. The van der Waals surface area contributed by atoms with Crippen molar-refractivity contribution in [2.24, 2.45) is 7.05 Å². The Balaban J connectivity index is 1.27. The van der Waals surface area contributed by atoms with Gasteiger partial charge in [0, 0.05) is 44.4 Å². The quantitative estimate of drug-likeness (QED) is 0.455. The molecule has 9 heteroatoms. The lowest BCUT2D eigenvalue weighted by atomic mass is 9.98. The number of hydrogen-bond acceptors (Lipinski definition) is 6. The zero-order chi connectivity index (χ0) is 22.9. The minimum Gasteiger partial charge on any atom is -0.445 e. The van der Waals surface area contributed by atoms with Crippen LogP contribution in [0.4, 0.5) is 4.39 Å². The van der Waals surface area contributed by atoms with E-state index in [0.717, 1.165) is 29.7 Å². The standard InChI is InChI=1S/C24H24FN5O3/c1-15-20(14-29(2)27-15)21-11-22(33-28-21)24(31)30-8-4-6-17(13-30)23-26-12-19(32-23)10-16-5-3-7-18(25)9-16/h3,5,7,9,11-12,14,17H,4,6,8,10,13H2,1-2H3/t17-/m0/s1. The third kappa shape index (κ3) is 4.44. The molecule has 1 aliphatic rings. The summed E-state index contributed by atoms with van der Waals surface area (Å²) in [6, 6.07) is 8.10. The molecule has 8 nitrogen and oxygen atoms in total. The van der Waals surface area contributed by atoms with E-state index in [1.165, 1.54) is 12.1 Å². The number of carbonyl (C=O) groups is 1. The molecule has 0 N–H and O–H groups in total. The van der Waals surface area contributed by atoms with Gasteiger partial charge in [-0.25, -0.2) is 9.37 Å². The number of nitrogens with zero attached hydrogens (tertiary/aromatic N) is 5. The van der Waals surface area contributed by atoms with Gasteiger partial charge >= 0.3 is 0 Å². The molecule has 0 saturated carbocycles. The Hall–Kier alpha value is -3.75. The molecule has 4 heterocycles. The zero-order valence-corrected chi connectivity index (χ0v) is 18.5. The van der Waals surface area contributed by atoms with E-state index in [4.69, 9.17) is 8.94 Å². The van der Waals surface area contributed by atoms with E-state index in [1.54, 1.807) is 27.9 Å². The maximum Gasteiger partial charge on any atom is 0.292 e. The lowest BCUT2D eigenvalue weighted by Gasteiger charge is -2.30. The number of halogens is 1. The number of hydrogen-bond donors (Lipinski definition) is 0. The van der Waals surface area contributed by atoms with Gasteiger partial charge in [0.25, 0.3) is 5.91 Å². The van der Waals surface area contributed by atoms with Gasteiger partial charge in [-0.15, -0.1) is 0 Å². The summed E-state index contributed by atoms with van der Waals surface area (Å²) >= 11 is 0. The van der Waals surface area contributed by atoms with E-state index in [-0.39, 0.29) is 23.4 Å². The van der Waals surface area contributed by atoms with Gasteiger partial charge in [-0.2, -0.15) is 5.10 Å². The molecular formula is C24H24FN5O3. The van der Waals surface area contributed by atoms with Crippen molar-refractivity contribution >= 4 is 5.91 Å². The van der Waals surface area contributed by atoms with Gasteiger partial charge in [0.2, 0.25) is 5.76 Å². The van der Waals surface area contributed by atoms with Gasteiger partial charge in [-0.05, 0) is 37.5 Å². The van der Waals surface area contributed by atoms with Crippen LogP contribution in [0.25, 0.3) is 11.3 Å². The average molecular weight is 449 g/mol. The predicted octanol–water partition coefficient (Wildman–Crippen LogP) is 4.12. The molecule has 3 aromatic heterocycles. The van der Waals surface area contributed by atoms with Gasteiger partial charge in [0.05, 0.1) is 17.8 Å². The molecular weight excluding hydrogens is 425 g/mol. The fourth-order valence-electron chi connectivity index (χ4n) is 4.31. The SMILES string of the molecule is Cc1nn(C)cc1-c1cc(C(=O)N2CCC[C@H](c3ncc(Cc4cccc(F)c4)o3)C2)on1. The highest BCUT2D eigenvalue weighted by Gasteiger charge is 2.30. The van der Waals surface area contributed by atoms with E-state index in [0.29, 0.717) is 36.9 Å². The second kappa shape index (κ2) is 8.65. The van der Waals surface area contributed by atoms with Crippen molar-refractivity contribution in [2.75, 3.05) is 13.1 Å². The van der Waals surface area contributed by atoms with E-state index in [9.17, 15) is 9.18 Å². The molecule has 5 rings (SSSR count). The summed E-state index contributed by atoms with van der Waals surface area (Å²) < 4.78 is 26.5. The maximum atomic E-state index is 13.4. The Labute approximate surface area is 190 Å². The monoisotopic (exact) mass is 449 g/mol. The first kappa shape index (κ1) is 21.1. The van der Waals surface area contributed by atoms with Crippen LogP contribution in [0.1, 0.15) is 52.2 Å². The fraction of sp³-hybridized carbons (Fsp3) is 0.333. The van der Waals surface area contributed by atoms with E-state index >= 15 is 0 Å². The minimum absolute atomic E-state index is 0.00748. The second-order valence-corrected chi connectivity index (χ2v) is 8.44. The third-order valence-electron chi connectivity index (χ3n) is 5.91. The van der Waals surface area contributed by atoms with Gasteiger partial charge < -0.3 is 13.8 Å². The maximum absolute atomic E-state index is 13.4. The first-order valence-corrected chi connectivity index (χ1v) is 10.9. The number of benzene rings is 1. The summed E-state index contributed by atoms with van der Waals surface area (Å²) in [5.41, 5.74) is 3.07. The second-order valence-electron chi connectivity index (χ2n) is 8.44. The number of aryl methyl sites for hydroxylation is 2. The van der Waals surface area contributed by atoms with Gasteiger partial charge in [-0.1, -0.05) is 17.3 Å². The highest BCUT2D eigenvalue weighted by atomic mass is 19.1. The van der Waals surface area contributed by atoms with Crippen molar-refractivity contribution in [2.45, 2.75) is 32.1 Å². The Bertz CT molecular complexity index is 1290. The van der Waals surface area contributed by atoms with Crippen LogP contribution < -0.4 is 0 Å². The topological polar surface area (TPSA) is 90.2 Å². The van der Waals surface area contributed by atoms with Crippen LogP contribution in [-0.2, 0) is 13.5 Å². The van der Waals surface area contributed by atoms with Crippen molar-refractivity contribution in [1.82, 2.24) is 24.8 Å². The molecule has 170 valence electrons. The Morgan fingerprint density at radius 2 is 2.18 bits per heavy atom. The van der Waals surface area contributed by atoms with Gasteiger partial charge in [0.15, 0.2) is 5.89 Å². The van der Waals surface area contributed by atoms with E-state index in [2.05, 4.69) is 15.2 Å². The molecule has 4 aromatic rings. The lowest BCUT2D eigenvalue weighted by molar-refractivity contribution is 0.0656. The summed E-state index contributed by atoms with van der Waals surface area (Å²) in [5.74, 6) is 0.989. The van der Waals surface area contributed by atoms with Crippen LogP contribution in [0.3, 0.4) is 0 Å². The van der Waals surface area contributed by atoms with Crippen molar-refractivity contribution in [1.29, 1.82) is 0 Å². The van der Waals surface area contributed by atoms with Gasteiger partial charge in [-0.3, -0.25) is 9.48 Å². The van der Waals surface area contributed by atoms with Crippen molar-refractivity contribution in [3.8, 4) is 11.3 Å². The molecule has 33 heavy (non-hydrogen) atoms. The van der Waals surface area contributed by atoms with Crippen molar-refractivity contribution in [3.63, 3.8) is 0 Å². The number of aromatic nitrogens is 4. The zero-order valence-electron chi connectivity index (χ0n) is 18.5. The molecule has 0 bridgehead atoms. The molecule has 1 aliphatic heterocycles. The predicted molar refractivity (Wildman–Crippen MR) is 117 cm³/mol. The van der Waals surface area contributed by atoms with Crippen LogP contribution in [0.5, 0.6) is 0 Å². The van der Waals surface area contributed by atoms with Crippen LogP contribution in [-0.4, -0.2) is 43.8 Å². The highest BCUT2D eigenvalue weighted by Crippen LogP contribution is 2.29. The molecule has 1 atom stereocenters. The number of likely N-dealkylation sites (tertiary alicyclic amines) is 1. The molecule has 0 spiro atoms. The summed E-state index contributed by atoms with van der Waals surface area (Å²) in [6.07, 6.45) is 5.71. The van der Waals surface area contributed by atoms with Crippen LogP contribution in [0, 0.1) is 12.7 Å². The molecule has 0 aliphatic carbocycles. The summed E-state index contributed by atoms with van der Waals surface area (Å²) in [4.78, 5) is 19.3. The molecule has 1 aromatic carbocycles. The fourth-order valence-corrected chi connectivity index (χ4v) is 4.31. The number of oxazole rings is 1. The average Bonchev–Trinajstić information content (AvgIpc) is 3.53. The van der Waals surface area contributed by atoms with Crippen LogP contribution >= 0.6 is 0 Å².